The third kappa shape index (κ3) is 4.85. The zero-order chi connectivity index (χ0) is 17.0. The smallest absolute Gasteiger partial charge is 0.345 e. The number of benzene rings is 2. The number of carbonyl (C=O) groups is 1. The molecule has 2 aromatic carbocycles. The lowest BCUT2D eigenvalue weighted by atomic mass is 9.87. The Hall–Kier alpha value is -2.29. The summed E-state index contributed by atoms with van der Waals surface area (Å²) in [6.45, 7) is 8.42. The number of aliphatic carboxylic acids is 1. The SMILES string of the molecule is Cc1ccc(C[C@@H](Oc2ccc(C(C)(C)C)cc2)C(=O)O)cc1. The first-order valence-electron chi connectivity index (χ1n) is 7.81. The summed E-state index contributed by atoms with van der Waals surface area (Å²) in [6.07, 6.45) is -0.547. The van der Waals surface area contributed by atoms with Crippen LogP contribution in [0.5, 0.6) is 5.75 Å². The highest BCUT2D eigenvalue weighted by molar-refractivity contribution is 5.73. The van der Waals surface area contributed by atoms with Crippen LogP contribution < -0.4 is 4.74 Å². The molecule has 0 fully saturated rings. The normalized spacial score (nSPS) is 12.7. The van der Waals surface area contributed by atoms with Crippen LogP contribution in [0.3, 0.4) is 0 Å². The summed E-state index contributed by atoms with van der Waals surface area (Å²) in [5, 5.41) is 9.41. The summed E-state index contributed by atoms with van der Waals surface area (Å²) in [5.41, 5.74) is 3.36. The number of hydrogen-bond donors (Lipinski definition) is 1. The summed E-state index contributed by atoms with van der Waals surface area (Å²) >= 11 is 0. The van der Waals surface area contributed by atoms with E-state index in [1.54, 1.807) is 0 Å². The molecule has 0 aromatic heterocycles. The Balaban J connectivity index is 2.10. The topological polar surface area (TPSA) is 46.5 Å². The van der Waals surface area contributed by atoms with Gasteiger partial charge in [-0.25, -0.2) is 4.79 Å². The molecule has 0 unspecified atom stereocenters. The monoisotopic (exact) mass is 312 g/mol. The Morgan fingerprint density at radius 1 is 1.04 bits per heavy atom. The predicted octanol–water partition coefficient (Wildman–Crippen LogP) is 4.37. The molecule has 0 aliphatic heterocycles. The van der Waals surface area contributed by atoms with Crippen LogP contribution in [0.25, 0.3) is 0 Å². The van der Waals surface area contributed by atoms with Crippen molar-refractivity contribution in [3.05, 3.63) is 65.2 Å². The summed E-state index contributed by atoms with van der Waals surface area (Å²) in [5.74, 6) is -0.372. The highest BCUT2D eigenvalue weighted by Crippen LogP contribution is 2.25. The zero-order valence-electron chi connectivity index (χ0n) is 14.2. The Morgan fingerprint density at radius 3 is 2.09 bits per heavy atom. The molecule has 0 spiro atoms. The minimum atomic E-state index is -0.953. The van der Waals surface area contributed by atoms with Crippen LogP contribution >= 0.6 is 0 Å². The second-order valence-corrected chi connectivity index (χ2v) is 6.91. The average molecular weight is 312 g/mol. The third-order valence-corrected chi connectivity index (χ3v) is 3.82. The van der Waals surface area contributed by atoms with Gasteiger partial charge in [0.25, 0.3) is 0 Å². The molecule has 0 aliphatic rings. The van der Waals surface area contributed by atoms with Crippen molar-refractivity contribution in [2.45, 2.75) is 45.6 Å². The highest BCUT2D eigenvalue weighted by Gasteiger charge is 2.20. The molecule has 0 radical (unpaired) electrons. The van der Waals surface area contributed by atoms with Crippen molar-refractivity contribution in [2.75, 3.05) is 0 Å². The van der Waals surface area contributed by atoms with E-state index in [1.807, 2.05) is 55.5 Å². The van der Waals surface area contributed by atoms with Crippen molar-refractivity contribution in [2.24, 2.45) is 0 Å². The molecule has 0 amide bonds. The van der Waals surface area contributed by atoms with Crippen LogP contribution in [0, 0.1) is 6.92 Å². The van der Waals surface area contributed by atoms with Gasteiger partial charge in [-0.1, -0.05) is 62.7 Å². The Bertz CT molecular complexity index is 649. The molecule has 0 saturated heterocycles. The molecule has 0 bridgehead atoms. The molecule has 1 N–H and O–H groups in total. The fourth-order valence-corrected chi connectivity index (χ4v) is 2.32. The zero-order valence-corrected chi connectivity index (χ0v) is 14.2. The maximum Gasteiger partial charge on any atom is 0.345 e. The lowest BCUT2D eigenvalue weighted by molar-refractivity contribution is -0.145. The fourth-order valence-electron chi connectivity index (χ4n) is 2.32. The molecular formula is C20H24O3. The van der Waals surface area contributed by atoms with E-state index < -0.39 is 12.1 Å². The highest BCUT2D eigenvalue weighted by atomic mass is 16.5. The van der Waals surface area contributed by atoms with Gasteiger partial charge >= 0.3 is 5.97 Å². The number of rotatable bonds is 5. The van der Waals surface area contributed by atoms with E-state index in [1.165, 1.54) is 5.56 Å². The quantitative estimate of drug-likeness (QED) is 0.892. The first-order chi connectivity index (χ1) is 10.8. The van der Waals surface area contributed by atoms with Crippen LogP contribution in [0.2, 0.25) is 0 Å². The lowest BCUT2D eigenvalue weighted by Crippen LogP contribution is -2.29. The van der Waals surface area contributed by atoms with E-state index in [0.717, 1.165) is 11.1 Å². The standard InChI is InChI=1S/C20H24O3/c1-14-5-7-15(8-6-14)13-18(19(21)22)23-17-11-9-16(10-12-17)20(2,3)4/h5-12,18H,13H2,1-4H3,(H,21,22)/t18-/m1/s1. The summed E-state index contributed by atoms with van der Waals surface area (Å²) < 4.78 is 5.68. The first kappa shape index (κ1) is 17.1. The second kappa shape index (κ2) is 6.86. The molecule has 0 heterocycles. The number of carboxylic acids is 1. The molecule has 3 nitrogen and oxygen atoms in total. The van der Waals surface area contributed by atoms with E-state index in [0.29, 0.717) is 12.2 Å². The van der Waals surface area contributed by atoms with Gasteiger partial charge in [0.1, 0.15) is 5.75 Å². The third-order valence-electron chi connectivity index (χ3n) is 3.82. The van der Waals surface area contributed by atoms with Gasteiger partial charge in [0.2, 0.25) is 0 Å². The van der Waals surface area contributed by atoms with Crippen LogP contribution in [0.15, 0.2) is 48.5 Å². The van der Waals surface area contributed by atoms with E-state index >= 15 is 0 Å². The van der Waals surface area contributed by atoms with Gasteiger partial charge in [0, 0.05) is 6.42 Å². The molecule has 2 rings (SSSR count). The van der Waals surface area contributed by atoms with Gasteiger partial charge < -0.3 is 9.84 Å². The molecule has 0 saturated carbocycles. The number of aryl methyl sites for hydroxylation is 1. The van der Waals surface area contributed by atoms with Crippen molar-refractivity contribution >= 4 is 5.97 Å². The predicted molar refractivity (Wildman–Crippen MR) is 92.1 cm³/mol. The van der Waals surface area contributed by atoms with Crippen LogP contribution in [0.4, 0.5) is 0 Å². The van der Waals surface area contributed by atoms with Gasteiger partial charge in [0.05, 0.1) is 0 Å². The Labute approximate surface area is 137 Å². The van der Waals surface area contributed by atoms with Gasteiger partial charge in [-0.3, -0.25) is 0 Å². The van der Waals surface area contributed by atoms with E-state index in [4.69, 9.17) is 4.74 Å². The van der Waals surface area contributed by atoms with Crippen molar-refractivity contribution < 1.29 is 14.6 Å². The average Bonchev–Trinajstić information content (AvgIpc) is 2.48. The Kier molecular flexibility index (Phi) is 5.09. The van der Waals surface area contributed by atoms with Gasteiger partial charge in [-0.2, -0.15) is 0 Å². The summed E-state index contributed by atoms with van der Waals surface area (Å²) in [4.78, 5) is 11.5. The molecule has 23 heavy (non-hydrogen) atoms. The summed E-state index contributed by atoms with van der Waals surface area (Å²) in [7, 11) is 0. The van der Waals surface area contributed by atoms with Crippen molar-refractivity contribution in [1.82, 2.24) is 0 Å². The van der Waals surface area contributed by atoms with E-state index in [9.17, 15) is 9.90 Å². The maximum atomic E-state index is 11.5. The van der Waals surface area contributed by atoms with E-state index in [2.05, 4.69) is 20.8 Å². The lowest BCUT2D eigenvalue weighted by Gasteiger charge is -2.20. The second-order valence-electron chi connectivity index (χ2n) is 6.91. The van der Waals surface area contributed by atoms with Crippen molar-refractivity contribution in [1.29, 1.82) is 0 Å². The minimum Gasteiger partial charge on any atom is -0.478 e. The molecule has 0 aliphatic carbocycles. The van der Waals surface area contributed by atoms with Gasteiger partial charge in [-0.05, 0) is 35.6 Å². The van der Waals surface area contributed by atoms with E-state index in [-0.39, 0.29) is 5.41 Å². The summed E-state index contributed by atoms with van der Waals surface area (Å²) in [6, 6.07) is 15.5. The van der Waals surface area contributed by atoms with Crippen LogP contribution in [0.1, 0.15) is 37.5 Å². The van der Waals surface area contributed by atoms with Crippen LogP contribution in [-0.2, 0) is 16.6 Å². The van der Waals surface area contributed by atoms with Crippen LogP contribution in [-0.4, -0.2) is 17.2 Å². The molecule has 122 valence electrons. The maximum absolute atomic E-state index is 11.5. The van der Waals surface area contributed by atoms with Crippen molar-refractivity contribution in [3.8, 4) is 5.75 Å². The Morgan fingerprint density at radius 2 is 1.61 bits per heavy atom. The fraction of sp³-hybridized carbons (Fsp3) is 0.350. The van der Waals surface area contributed by atoms with Crippen molar-refractivity contribution in [3.63, 3.8) is 0 Å². The molecular weight excluding hydrogens is 288 g/mol. The number of hydrogen-bond acceptors (Lipinski definition) is 2. The number of carboxylic acid groups (broad SMARTS) is 1. The van der Waals surface area contributed by atoms with Gasteiger partial charge in [0.15, 0.2) is 6.10 Å². The molecule has 2 aromatic rings. The number of ether oxygens (including phenoxy) is 1. The molecule has 1 atom stereocenters. The minimum absolute atomic E-state index is 0.0621. The first-order valence-corrected chi connectivity index (χ1v) is 7.81. The van der Waals surface area contributed by atoms with Gasteiger partial charge in [-0.15, -0.1) is 0 Å². The molecule has 3 heteroatoms. The largest absolute Gasteiger partial charge is 0.478 e.